The Hall–Kier alpha value is -0.670. The van der Waals surface area contributed by atoms with Crippen LogP contribution in [-0.2, 0) is 11.0 Å². The van der Waals surface area contributed by atoms with Crippen LogP contribution in [0.4, 0.5) is 0 Å². The van der Waals surface area contributed by atoms with E-state index < -0.39 is 11.0 Å². The Morgan fingerprint density at radius 3 is 2.29 bits per heavy atom. The van der Waals surface area contributed by atoms with Gasteiger partial charge >= 0.3 is 0 Å². The van der Waals surface area contributed by atoms with Crippen LogP contribution >= 0.6 is 0 Å². The zero-order valence-electron chi connectivity index (χ0n) is 9.13. The Labute approximate surface area is 88.3 Å². The first-order valence-electron chi connectivity index (χ1n) is 4.65. The molecule has 3 heteroatoms. The third-order valence-corrected chi connectivity index (χ3v) is 3.35. The lowest BCUT2D eigenvalue weighted by Crippen LogP contribution is -2.37. The molecule has 0 aliphatic carbocycles. The number of aryl methyl sites for hydroxylation is 1. The van der Waals surface area contributed by atoms with Gasteiger partial charge in [-0.25, -0.2) is 8.93 Å². The number of hydrogen-bond acceptors (Lipinski definition) is 1. The molecular weight excluding hydrogens is 194 g/mol. The molecule has 2 nitrogen and oxygen atoms in total. The Balaban J connectivity index is 2.86. The second-order valence-electron chi connectivity index (χ2n) is 4.39. The van der Waals surface area contributed by atoms with Gasteiger partial charge in [-0.3, -0.25) is 0 Å². The van der Waals surface area contributed by atoms with E-state index >= 15 is 0 Å². The highest BCUT2D eigenvalue weighted by Crippen LogP contribution is 2.13. The van der Waals surface area contributed by atoms with Gasteiger partial charge in [-0.05, 0) is 39.3 Å². The van der Waals surface area contributed by atoms with Gasteiger partial charge in [-0.15, -0.1) is 0 Å². The van der Waals surface area contributed by atoms with Crippen molar-refractivity contribution in [3.05, 3.63) is 29.8 Å². The molecule has 1 atom stereocenters. The lowest BCUT2D eigenvalue weighted by Gasteiger charge is -2.20. The maximum absolute atomic E-state index is 11.9. The summed E-state index contributed by atoms with van der Waals surface area (Å²) in [5.41, 5.74) is 0.926. The predicted molar refractivity (Wildman–Crippen MR) is 60.5 cm³/mol. The monoisotopic (exact) mass is 211 g/mol. The summed E-state index contributed by atoms with van der Waals surface area (Å²) in [6, 6.07) is 7.72. The van der Waals surface area contributed by atoms with Gasteiger partial charge in [0.15, 0.2) is 0 Å². The Bertz CT molecular complexity index is 341. The third-order valence-electron chi connectivity index (χ3n) is 1.69. The van der Waals surface area contributed by atoms with Crippen molar-refractivity contribution in [1.82, 2.24) is 4.72 Å². The first kappa shape index (κ1) is 11.4. The zero-order valence-corrected chi connectivity index (χ0v) is 9.94. The summed E-state index contributed by atoms with van der Waals surface area (Å²) < 4.78 is 14.9. The number of nitrogens with one attached hydrogen (secondary N) is 1. The summed E-state index contributed by atoms with van der Waals surface area (Å²) in [4.78, 5) is 0.863. The van der Waals surface area contributed by atoms with Crippen LogP contribution in [0, 0.1) is 6.92 Å². The van der Waals surface area contributed by atoms with Crippen molar-refractivity contribution in [3.63, 3.8) is 0 Å². The molecule has 0 saturated carbocycles. The van der Waals surface area contributed by atoms with Gasteiger partial charge in [0, 0.05) is 5.54 Å². The molecule has 0 heterocycles. The van der Waals surface area contributed by atoms with Gasteiger partial charge in [0.2, 0.25) is 0 Å². The van der Waals surface area contributed by atoms with E-state index in [-0.39, 0.29) is 5.54 Å². The summed E-state index contributed by atoms with van der Waals surface area (Å²) in [5, 5.41) is 0. The van der Waals surface area contributed by atoms with Crippen LogP contribution in [0.25, 0.3) is 0 Å². The minimum atomic E-state index is -1.11. The second-order valence-corrected chi connectivity index (χ2v) is 5.57. The van der Waals surface area contributed by atoms with Crippen molar-refractivity contribution in [2.75, 3.05) is 0 Å². The maximum atomic E-state index is 11.9. The van der Waals surface area contributed by atoms with E-state index in [1.165, 1.54) is 0 Å². The molecule has 1 N–H and O–H groups in total. The summed E-state index contributed by atoms with van der Waals surface area (Å²) in [6.45, 7) is 7.98. The molecule has 0 radical (unpaired) electrons. The highest BCUT2D eigenvalue weighted by atomic mass is 32.2. The smallest absolute Gasteiger partial charge is 0.125 e. The van der Waals surface area contributed by atoms with Crippen molar-refractivity contribution in [3.8, 4) is 0 Å². The molecule has 0 bridgehead atoms. The summed E-state index contributed by atoms with van der Waals surface area (Å²) >= 11 is 0. The van der Waals surface area contributed by atoms with Crippen LogP contribution in [0.3, 0.4) is 0 Å². The fraction of sp³-hybridized carbons (Fsp3) is 0.455. The van der Waals surface area contributed by atoms with E-state index in [0.717, 1.165) is 10.5 Å². The molecule has 1 aromatic carbocycles. The normalized spacial score (nSPS) is 14.0. The average molecular weight is 211 g/mol. The van der Waals surface area contributed by atoms with E-state index in [2.05, 4.69) is 4.72 Å². The topological polar surface area (TPSA) is 29.1 Å². The number of hydrogen-bond donors (Lipinski definition) is 1. The van der Waals surface area contributed by atoms with Crippen molar-refractivity contribution < 1.29 is 4.21 Å². The van der Waals surface area contributed by atoms with E-state index in [9.17, 15) is 4.21 Å². The lowest BCUT2D eigenvalue weighted by molar-refractivity contribution is 0.519. The van der Waals surface area contributed by atoms with Gasteiger partial charge in [-0.1, -0.05) is 18.2 Å². The lowest BCUT2D eigenvalue weighted by atomic mass is 10.1. The van der Waals surface area contributed by atoms with Gasteiger partial charge in [0.05, 0.1) is 4.90 Å². The highest BCUT2D eigenvalue weighted by molar-refractivity contribution is 7.83. The van der Waals surface area contributed by atoms with Crippen LogP contribution in [-0.4, -0.2) is 9.75 Å². The van der Waals surface area contributed by atoms with Gasteiger partial charge in [-0.2, -0.15) is 0 Å². The van der Waals surface area contributed by atoms with Crippen LogP contribution in [0.15, 0.2) is 29.2 Å². The quantitative estimate of drug-likeness (QED) is 0.799. The molecule has 0 fully saturated rings. The van der Waals surface area contributed by atoms with E-state index in [1.807, 2.05) is 52.0 Å². The second kappa shape index (κ2) is 4.24. The van der Waals surface area contributed by atoms with Crippen LogP contribution in [0.1, 0.15) is 26.3 Å². The standard InChI is InChI=1S/C11H17NOS/c1-9-7-5-6-8-10(9)14(13)12-11(2,3)4/h5-8,12H,1-4H3/t14-/m1/s1. The molecule has 1 rings (SSSR count). The largest absolute Gasteiger partial charge is 0.237 e. The van der Waals surface area contributed by atoms with Crippen molar-refractivity contribution in [1.29, 1.82) is 0 Å². The summed E-state index contributed by atoms with van der Waals surface area (Å²) in [7, 11) is -1.11. The Morgan fingerprint density at radius 1 is 1.21 bits per heavy atom. The molecular formula is C11H17NOS. The number of rotatable bonds is 2. The first-order chi connectivity index (χ1) is 6.40. The van der Waals surface area contributed by atoms with Crippen molar-refractivity contribution in [2.45, 2.75) is 38.1 Å². The molecule has 0 aliphatic heterocycles. The highest BCUT2D eigenvalue weighted by Gasteiger charge is 2.15. The minimum Gasteiger partial charge on any atom is -0.237 e. The van der Waals surface area contributed by atoms with Gasteiger partial charge in [0.1, 0.15) is 11.0 Å². The fourth-order valence-electron chi connectivity index (χ4n) is 1.10. The Kier molecular flexibility index (Phi) is 3.45. The van der Waals surface area contributed by atoms with Crippen molar-refractivity contribution in [2.24, 2.45) is 0 Å². The molecule has 78 valence electrons. The van der Waals surface area contributed by atoms with Crippen LogP contribution in [0.2, 0.25) is 0 Å². The van der Waals surface area contributed by atoms with E-state index in [1.54, 1.807) is 0 Å². The molecule has 14 heavy (non-hydrogen) atoms. The Morgan fingerprint density at radius 2 is 1.79 bits per heavy atom. The van der Waals surface area contributed by atoms with Crippen LogP contribution in [0.5, 0.6) is 0 Å². The summed E-state index contributed by atoms with van der Waals surface area (Å²) in [6.07, 6.45) is 0. The van der Waals surface area contributed by atoms with Gasteiger partial charge in [0.25, 0.3) is 0 Å². The van der Waals surface area contributed by atoms with E-state index in [0.29, 0.717) is 0 Å². The van der Waals surface area contributed by atoms with Crippen molar-refractivity contribution >= 4 is 11.0 Å². The van der Waals surface area contributed by atoms with Crippen LogP contribution < -0.4 is 4.72 Å². The molecule has 0 aliphatic rings. The molecule has 0 amide bonds. The molecule has 0 saturated heterocycles. The van der Waals surface area contributed by atoms with Gasteiger partial charge < -0.3 is 0 Å². The minimum absolute atomic E-state index is 0.132. The number of benzene rings is 1. The third kappa shape index (κ3) is 3.24. The molecule has 0 aromatic heterocycles. The average Bonchev–Trinajstić information content (AvgIpc) is 2.01. The maximum Gasteiger partial charge on any atom is 0.125 e. The molecule has 0 unspecified atom stereocenters. The SMILES string of the molecule is Cc1ccccc1[S@@](=O)NC(C)(C)C. The van der Waals surface area contributed by atoms with E-state index in [4.69, 9.17) is 0 Å². The summed E-state index contributed by atoms with van der Waals surface area (Å²) in [5.74, 6) is 0. The zero-order chi connectivity index (χ0) is 10.8. The fourth-order valence-corrected chi connectivity index (χ4v) is 2.33. The first-order valence-corrected chi connectivity index (χ1v) is 5.80. The predicted octanol–water partition coefficient (Wildman–Crippen LogP) is 2.41. The molecule has 1 aromatic rings. The molecule has 0 spiro atoms.